The molecular formula is C25H19BrClN3O6. The molecule has 0 aliphatic heterocycles. The van der Waals surface area contributed by atoms with Crippen LogP contribution < -0.4 is 19.5 Å². The number of nitrogens with zero attached hydrogens (tertiary/aromatic N) is 2. The van der Waals surface area contributed by atoms with Crippen molar-refractivity contribution in [1.82, 2.24) is 0 Å². The molecule has 3 aromatic rings. The quantitative estimate of drug-likeness (QED) is 0.141. The molecule has 0 spiro atoms. The number of hydrogen-bond donors (Lipinski definition) is 1. The highest BCUT2D eigenvalue weighted by molar-refractivity contribution is 9.10. The van der Waals surface area contributed by atoms with E-state index in [4.69, 9.17) is 25.8 Å². The maximum absolute atomic E-state index is 12.8. The van der Waals surface area contributed by atoms with Gasteiger partial charge in [0.2, 0.25) is 0 Å². The van der Waals surface area contributed by atoms with Crippen molar-refractivity contribution in [3.63, 3.8) is 0 Å². The first kappa shape index (κ1) is 26.5. The van der Waals surface area contributed by atoms with E-state index in [0.29, 0.717) is 37.9 Å². The van der Waals surface area contributed by atoms with Crippen molar-refractivity contribution in [3.05, 3.63) is 90.9 Å². The number of anilines is 1. The summed E-state index contributed by atoms with van der Waals surface area (Å²) in [5.41, 5.74) is 1.32. The number of amides is 1. The molecule has 0 saturated carbocycles. The summed E-state index contributed by atoms with van der Waals surface area (Å²) in [6.07, 6.45) is 1.42. The fourth-order valence-corrected chi connectivity index (χ4v) is 3.85. The molecule has 11 heteroatoms. The number of nitro groups is 1. The molecule has 1 N–H and O–H groups in total. The van der Waals surface area contributed by atoms with Crippen LogP contribution in [0.2, 0.25) is 5.02 Å². The van der Waals surface area contributed by atoms with Gasteiger partial charge in [0, 0.05) is 24.3 Å². The normalized spacial score (nSPS) is 10.8. The smallest absolute Gasteiger partial charge is 0.269 e. The van der Waals surface area contributed by atoms with Crippen LogP contribution in [0.4, 0.5) is 11.4 Å². The molecule has 3 aromatic carbocycles. The van der Waals surface area contributed by atoms with Crippen LogP contribution in [0.25, 0.3) is 6.08 Å². The minimum Gasteiger partial charge on any atom is -0.495 e. The van der Waals surface area contributed by atoms with Gasteiger partial charge in [0.1, 0.15) is 35.5 Å². The highest BCUT2D eigenvalue weighted by atomic mass is 79.9. The molecule has 0 unspecified atom stereocenters. The van der Waals surface area contributed by atoms with Crippen LogP contribution >= 0.6 is 27.5 Å². The van der Waals surface area contributed by atoms with Gasteiger partial charge in [0.05, 0.1) is 34.3 Å². The summed E-state index contributed by atoms with van der Waals surface area (Å²) in [6.45, 7) is 0.119. The topological polar surface area (TPSA) is 124 Å². The van der Waals surface area contributed by atoms with Gasteiger partial charge >= 0.3 is 0 Å². The number of methoxy groups -OCH3 is 2. The molecule has 0 saturated heterocycles. The Morgan fingerprint density at radius 1 is 1.14 bits per heavy atom. The SMILES string of the molecule is COc1cc(NC(=O)/C(C#N)=C/c2ccc(OCc3cccc([N+](=O)[O-])c3)c(Br)c2)c(OC)cc1Cl. The molecule has 0 radical (unpaired) electrons. The van der Waals surface area contributed by atoms with E-state index < -0.39 is 10.8 Å². The second-order valence-corrected chi connectivity index (χ2v) is 8.48. The fourth-order valence-electron chi connectivity index (χ4n) is 3.11. The predicted octanol–water partition coefficient (Wildman–Crippen LogP) is 6.15. The first-order chi connectivity index (χ1) is 17.2. The monoisotopic (exact) mass is 571 g/mol. The molecule has 0 aliphatic rings. The van der Waals surface area contributed by atoms with E-state index in [1.165, 1.54) is 44.6 Å². The third-order valence-electron chi connectivity index (χ3n) is 4.87. The van der Waals surface area contributed by atoms with Crippen molar-refractivity contribution in [2.75, 3.05) is 19.5 Å². The molecule has 36 heavy (non-hydrogen) atoms. The first-order valence-corrected chi connectivity index (χ1v) is 11.4. The standard InChI is InChI=1S/C25H19BrClN3O6/c1-34-23-12-21(24(35-2)11-20(23)27)29-25(31)17(13-28)8-15-6-7-22(19(26)10-15)36-14-16-4-3-5-18(9-16)30(32)33/h3-12H,14H2,1-2H3,(H,29,31)/b17-8+. The van der Waals surface area contributed by atoms with E-state index >= 15 is 0 Å². The zero-order valence-electron chi connectivity index (χ0n) is 19.1. The van der Waals surface area contributed by atoms with Crippen LogP contribution in [-0.4, -0.2) is 25.1 Å². The van der Waals surface area contributed by atoms with Crippen molar-refractivity contribution in [2.24, 2.45) is 0 Å². The predicted molar refractivity (Wildman–Crippen MR) is 138 cm³/mol. The largest absolute Gasteiger partial charge is 0.495 e. The number of ether oxygens (including phenoxy) is 3. The highest BCUT2D eigenvalue weighted by Gasteiger charge is 2.16. The summed E-state index contributed by atoms with van der Waals surface area (Å²) in [5, 5.41) is 23.4. The number of halogens is 2. The summed E-state index contributed by atoms with van der Waals surface area (Å²) >= 11 is 9.51. The Kier molecular flexibility index (Phi) is 8.89. The lowest BCUT2D eigenvalue weighted by atomic mass is 10.1. The lowest BCUT2D eigenvalue weighted by Crippen LogP contribution is -2.14. The van der Waals surface area contributed by atoms with E-state index in [2.05, 4.69) is 21.2 Å². The van der Waals surface area contributed by atoms with Crippen LogP contribution in [0.3, 0.4) is 0 Å². The summed E-state index contributed by atoms with van der Waals surface area (Å²) in [5.74, 6) is 0.473. The van der Waals surface area contributed by atoms with Crippen LogP contribution in [0.5, 0.6) is 17.2 Å². The first-order valence-electron chi connectivity index (χ1n) is 10.3. The molecule has 1 amide bonds. The average Bonchev–Trinajstić information content (AvgIpc) is 2.87. The third kappa shape index (κ3) is 6.53. The molecule has 0 heterocycles. The van der Waals surface area contributed by atoms with E-state index in [1.807, 2.05) is 6.07 Å². The summed E-state index contributed by atoms with van der Waals surface area (Å²) in [6, 6.07) is 16.1. The second kappa shape index (κ2) is 12.1. The fraction of sp³-hybridized carbons (Fsp3) is 0.120. The number of benzene rings is 3. The van der Waals surface area contributed by atoms with Crippen molar-refractivity contribution < 1.29 is 23.9 Å². The van der Waals surface area contributed by atoms with Gasteiger partial charge in [-0.1, -0.05) is 29.8 Å². The average molecular weight is 573 g/mol. The van der Waals surface area contributed by atoms with E-state index in [9.17, 15) is 20.2 Å². The van der Waals surface area contributed by atoms with Crippen LogP contribution in [0.1, 0.15) is 11.1 Å². The minimum atomic E-state index is -0.651. The number of rotatable bonds is 9. The van der Waals surface area contributed by atoms with E-state index in [1.54, 1.807) is 30.3 Å². The molecular weight excluding hydrogens is 554 g/mol. The maximum atomic E-state index is 12.8. The Balaban J connectivity index is 1.76. The van der Waals surface area contributed by atoms with Gasteiger partial charge in [0.15, 0.2) is 0 Å². The number of nitriles is 1. The number of carbonyl (C=O) groups excluding carboxylic acids is 1. The Hall–Kier alpha value is -4.07. The summed E-state index contributed by atoms with van der Waals surface area (Å²) in [7, 11) is 2.86. The van der Waals surface area contributed by atoms with Crippen molar-refractivity contribution in [1.29, 1.82) is 5.26 Å². The second-order valence-electron chi connectivity index (χ2n) is 7.22. The maximum Gasteiger partial charge on any atom is 0.269 e. The zero-order chi connectivity index (χ0) is 26.2. The molecule has 0 fully saturated rings. The number of nitrogens with one attached hydrogen (secondary N) is 1. The number of nitro benzene ring substituents is 1. The highest BCUT2D eigenvalue weighted by Crippen LogP contribution is 2.36. The third-order valence-corrected chi connectivity index (χ3v) is 5.78. The van der Waals surface area contributed by atoms with Crippen LogP contribution in [0, 0.1) is 21.4 Å². The minimum absolute atomic E-state index is 0.0207. The molecule has 9 nitrogen and oxygen atoms in total. The molecule has 0 bridgehead atoms. The van der Waals surface area contributed by atoms with Gasteiger partial charge in [-0.3, -0.25) is 14.9 Å². The van der Waals surface area contributed by atoms with Gasteiger partial charge < -0.3 is 19.5 Å². The zero-order valence-corrected chi connectivity index (χ0v) is 21.4. The van der Waals surface area contributed by atoms with Gasteiger partial charge in [-0.05, 0) is 45.3 Å². The Bertz CT molecular complexity index is 1390. The van der Waals surface area contributed by atoms with Crippen molar-refractivity contribution in [2.45, 2.75) is 6.61 Å². The van der Waals surface area contributed by atoms with Crippen molar-refractivity contribution >= 4 is 50.9 Å². The van der Waals surface area contributed by atoms with Crippen LogP contribution in [0.15, 0.2) is 64.6 Å². The van der Waals surface area contributed by atoms with Gasteiger partial charge in [-0.25, -0.2) is 0 Å². The van der Waals surface area contributed by atoms with Gasteiger partial charge in [-0.15, -0.1) is 0 Å². The lowest BCUT2D eigenvalue weighted by molar-refractivity contribution is -0.384. The number of carbonyl (C=O) groups is 1. The molecule has 3 rings (SSSR count). The van der Waals surface area contributed by atoms with E-state index in [-0.39, 0.29) is 23.6 Å². The number of non-ortho nitro benzene ring substituents is 1. The molecule has 0 aliphatic carbocycles. The molecule has 0 aromatic heterocycles. The molecule has 0 atom stereocenters. The summed E-state index contributed by atoms with van der Waals surface area (Å²) in [4.78, 5) is 23.2. The Labute approximate surface area is 220 Å². The van der Waals surface area contributed by atoms with E-state index in [0.717, 1.165) is 0 Å². The lowest BCUT2D eigenvalue weighted by Gasteiger charge is -2.13. The van der Waals surface area contributed by atoms with Crippen LogP contribution in [-0.2, 0) is 11.4 Å². The Morgan fingerprint density at radius 2 is 1.89 bits per heavy atom. The number of hydrogen-bond acceptors (Lipinski definition) is 7. The van der Waals surface area contributed by atoms with Crippen molar-refractivity contribution in [3.8, 4) is 23.3 Å². The van der Waals surface area contributed by atoms with Gasteiger partial charge in [-0.2, -0.15) is 5.26 Å². The summed E-state index contributed by atoms with van der Waals surface area (Å²) < 4.78 is 16.8. The molecule has 184 valence electrons. The Morgan fingerprint density at radius 3 is 2.53 bits per heavy atom. The van der Waals surface area contributed by atoms with Gasteiger partial charge in [0.25, 0.3) is 11.6 Å².